The molecule has 1 unspecified atom stereocenters. The minimum Gasteiger partial charge on any atom is -0.354 e. The molecule has 0 aliphatic carbocycles. The first-order chi connectivity index (χ1) is 7.29. The molecule has 0 amide bonds. The van der Waals surface area contributed by atoms with Crippen LogP contribution in [0.5, 0.6) is 0 Å². The molecule has 1 saturated heterocycles. The highest BCUT2D eigenvalue weighted by Gasteiger charge is 2.19. The molecule has 0 spiro atoms. The smallest absolute Gasteiger partial charge is 0.149 e. The molecule has 1 aliphatic heterocycles. The first-order valence-corrected chi connectivity index (χ1v) is 5.57. The Labute approximate surface area is 94.7 Å². The van der Waals surface area contributed by atoms with Gasteiger partial charge in [-0.1, -0.05) is 11.6 Å². The number of anilines is 1. The van der Waals surface area contributed by atoms with Gasteiger partial charge in [-0.2, -0.15) is 0 Å². The molecule has 15 heavy (non-hydrogen) atoms. The van der Waals surface area contributed by atoms with Gasteiger partial charge in [-0.25, -0.2) is 4.98 Å². The third-order valence-corrected chi connectivity index (χ3v) is 2.93. The number of hydrogen-bond acceptors (Lipinski definition) is 4. The van der Waals surface area contributed by atoms with Gasteiger partial charge >= 0.3 is 0 Å². The average molecular weight is 227 g/mol. The number of nitrogens with zero attached hydrogens (tertiary/aromatic N) is 3. The molecule has 2 heterocycles. The van der Waals surface area contributed by atoms with Crippen LogP contribution in [-0.2, 0) is 0 Å². The quantitative estimate of drug-likeness (QED) is 0.826. The number of hydrogen-bond donors (Lipinski definition) is 1. The van der Waals surface area contributed by atoms with Crippen LogP contribution < -0.4 is 10.2 Å². The lowest BCUT2D eigenvalue weighted by atomic mass is 10.1. The Morgan fingerprint density at radius 1 is 1.53 bits per heavy atom. The van der Waals surface area contributed by atoms with Gasteiger partial charge in [0.2, 0.25) is 0 Å². The van der Waals surface area contributed by atoms with E-state index < -0.39 is 0 Å². The van der Waals surface area contributed by atoms with E-state index in [-0.39, 0.29) is 0 Å². The predicted octanol–water partition coefficient (Wildman–Crippen LogP) is 1.32. The second-order valence-electron chi connectivity index (χ2n) is 3.77. The molecule has 1 fully saturated rings. The van der Waals surface area contributed by atoms with Gasteiger partial charge in [-0.3, -0.25) is 4.98 Å². The summed E-state index contributed by atoms with van der Waals surface area (Å²) in [5.74, 6) is 0.877. The number of likely N-dealkylation sites (N-methyl/N-ethyl adjacent to an activating group) is 1. The molecule has 1 N–H and O–H groups in total. The maximum Gasteiger partial charge on any atom is 0.149 e. The van der Waals surface area contributed by atoms with Crippen LogP contribution >= 0.6 is 11.6 Å². The summed E-state index contributed by atoms with van der Waals surface area (Å²) in [5.41, 5.74) is 0. The summed E-state index contributed by atoms with van der Waals surface area (Å²) < 4.78 is 0. The number of halogens is 1. The number of rotatable bonds is 2. The van der Waals surface area contributed by atoms with E-state index >= 15 is 0 Å². The molecule has 5 heteroatoms. The van der Waals surface area contributed by atoms with E-state index in [2.05, 4.69) is 20.2 Å². The fourth-order valence-electron chi connectivity index (χ4n) is 1.91. The van der Waals surface area contributed by atoms with Gasteiger partial charge in [-0.15, -0.1) is 0 Å². The average Bonchev–Trinajstić information content (AvgIpc) is 2.29. The van der Waals surface area contributed by atoms with E-state index in [0.29, 0.717) is 11.2 Å². The Balaban J connectivity index is 2.09. The Hall–Kier alpha value is -0.870. The van der Waals surface area contributed by atoms with Gasteiger partial charge in [-0.05, 0) is 19.9 Å². The molecule has 1 aliphatic rings. The van der Waals surface area contributed by atoms with Gasteiger partial charge in [0, 0.05) is 19.1 Å². The summed E-state index contributed by atoms with van der Waals surface area (Å²) in [6.45, 7) is 2.01. The molecule has 4 nitrogen and oxygen atoms in total. The van der Waals surface area contributed by atoms with Crippen molar-refractivity contribution in [3.8, 4) is 0 Å². The van der Waals surface area contributed by atoms with Crippen molar-refractivity contribution in [2.45, 2.75) is 18.9 Å². The lowest BCUT2D eigenvalue weighted by molar-refractivity contribution is 0.447. The molecule has 1 atom stereocenters. The zero-order chi connectivity index (χ0) is 10.7. The monoisotopic (exact) mass is 226 g/mol. The van der Waals surface area contributed by atoms with Crippen LogP contribution in [0.2, 0.25) is 5.15 Å². The molecular formula is C10H15ClN4. The second-order valence-corrected chi connectivity index (χ2v) is 4.16. The molecule has 2 rings (SSSR count). The fraction of sp³-hybridized carbons (Fsp3) is 0.600. The lowest BCUT2D eigenvalue weighted by Crippen LogP contribution is -2.44. The molecule has 0 aromatic carbocycles. The van der Waals surface area contributed by atoms with Crippen LogP contribution in [0.3, 0.4) is 0 Å². The van der Waals surface area contributed by atoms with Crippen molar-refractivity contribution in [1.29, 1.82) is 0 Å². The Kier molecular flexibility index (Phi) is 3.38. The van der Waals surface area contributed by atoms with Crippen molar-refractivity contribution >= 4 is 17.4 Å². The maximum absolute atomic E-state index is 5.82. The van der Waals surface area contributed by atoms with Crippen molar-refractivity contribution in [1.82, 2.24) is 15.3 Å². The number of piperidine rings is 1. The van der Waals surface area contributed by atoms with Gasteiger partial charge in [0.05, 0.1) is 12.4 Å². The molecule has 1 aromatic rings. The molecule has 0 radical (unpaired) electrons. The summed E-state index contributed by atoms with van der Waals surface area (Å²) in [5, 5.41) is 3.75. The highest BCUT2D eigenvalue weighted by molar-refractivity contribution is 6.29. The van der Waals surface area contributed by atoms with Gasteiger partial charge < -0.3 is 10.2 Å². The lowest BCUT2D eigenvalue weighted by Gasteiger charge is -2.33. The van der Waals surface area contributed by atoms with Crippen molar-refractivity contribution < 1.29 is 0 Å². The van der Waals surface area contributed by atoms with E-state index in [1.807, 2.05) is 7.05 Å². The summed E-state index contributed by atoms with van der Waals surface area (Å²) in [7, 11) is 2.00. The summed E-state index contributed by atoms with van der Waals surface area (Å²) in [6, 6.07) is 0.541. The fourth-order valence-corrected chi connectivity index (χ4v) is 2.05. The minimum atomic E-state index is 0.457. The number of aromatic nitrogens is 2. The normalized spacial score (nSPS) is 21.7. The molecule has 82 valence electrons. The standard InChI is InChI=1S/C10H15ClN4/c1-12-8-3-2-4-15(7-8)10-6-13-5-9(11)14-10/h5-6,8,12H,2-4,7H2,1H3. The third-order valence-electron chi connectivity index (χ3n) is 2.75. The first-order valence-electron chi connectivity index (χ1n) is 5.19. The summed E-state index contributed by atoms with van der Waals surface area (Å²) in [4.78, 5) is 10.5. The van der Waals surface area contributed by atoms with E-state index in [1.54, 1.807) is 12.4 Å². The van der Waals surface area contributed by atoms with E-state index in [4.69, 9.17) is 11.6 Å². The molecule has 0 bridgehead atoms. The Morgan fingerprint density at radius 2 is 2.40 bits per heavy atom. The van der Waals surface area contributed by atoms with Gasteiger partial charge in [0.25, 0.3) is 0 Å². The zero-order valence-electron chi connectivity index (χ0n) is 8.78. The van der Waals surface area contributed by atoms with E-state index in [1.165, 1.54) is 12.8 Å². The van der Waals surface area contributed by atoms with Crippen LogP contribution in [0.15, 0.2) is 12.4 Å². The van der Waals surface area contributed by atoms with Crippen molar-refractivity contribution in [2.75, 3.05) is 25.0 Å². The zero-order valence-corrected chi connectivity index (χ0v) is 9.54. The first kappa shape index (κ1) is 10.6. The Bertz CT molecular complexity index is 331. The van der Waals surface area contributed by atoms with Crippen LogP contribution in [0.4, 0.5) is 5.82 Å². The molecule has 1 aromatic heterocycles. The largest absolute Gasteiger partial charge is 0.354 e. The van der Waals surface area contributed by atoms with Crippen LogP contribution in [0, 0.1) is 0 Å². The minimum absolute atomic E-state index is 0.457. The highest BCUT2D eigenvalue weighted by Crippen LogP contribution is 2.18. The van der Waals surface area contributed by atoms with Crippen molar-refractivity contribution in [3.63, 3.8) is 0 Å². The van der Waals surface area contributed by atoms with Crippen LogP contribution in [0.1, 0.15) is 12.8 Å². The van der Waals surface area contributed by atoms with Gasteiger partial charge in [0.1, 0.15) is 11.0 Å². The highest BCUT2D eigenvalue weighted by atomic mass is 35.5. The van der Waals surface area contributed by atoms with Crippen molar-refractivity contribution in [2.24, 2.45) is 0 Å². The second kappa shape index (κ2) is 4.77. The van der Waals surface area contributed by atoms with Crippen molar-refractivity contribution in [3.05, 3.63) is 17.5 Å². The Morgan fingerprint density at radius 3 is 3.13 bits per heavy atom. The maximum atomic E-state index is 5.82. The topological polar surface area (TPSA) is 41.0 Å². The van der Waals surface area contributed by atoms with Crippen LogP contribution in [-0.4, -0.2) is 36.1 Å². The van der Waals surface area contributed by atoms with E-state index in [0.717, 1.165) is 18.9 Å². The van der Waals surface area contributed by atoms with Gasteiger partial charge in [0.15, 0.2) is 0 Å². The van der Waals surface area contributed by atoms with E-state index in [9.17, 15) is 0 Å². The third kappa shape index (κ3) is 2.58. The molecular weight excluding hydrogens is 212 g/mol. The van der Waals surface area contributed by atoms with Crippen LogP contribution in [0.25, 0.3) is 0 Å². The summed E-state index contributed by atoms with van der Waals surface area (Å²) in [6.07, 6.45) is 5.73. The summed E-state index contributed by atoms with van der Waals surface area (Å²) >= 11 is 5.82. The SMILES string of the molecule is CNC1CCCN(c2cncc(Cl)n2)C1. The predicted molar refractivity (Wildman–Crippen MR) is 61.3 cm³/mol. The molecule has 0 saturated carbocycles. The number of nitrogens with one attached hydrogen (secondary N) is 1.